The number of hydrogen-bond acceptors (Lipinski definition) is 3. The molecule has 0 aliphatic carbocycles. The number of aryl methyl sites for hydroxylation is 1. The molecule has 3 aromatic rings. The SMILES string of the molecule is Cc1ccc(COc2ccc(/C=C3/C(=O)NN(c4ccccc4)C3=O)cc2)cc1. The number of para-hydroxylation sites is 1. The van der Waals surface area contributed by atoms with Gasteiger partial charge in [0.05, 0.1) is 5.69 Å². The zero-order chi connectivity index (χ0) is 20.2. The first-order chi connectivity index (χ1) is 14.1. The molecule has 0 saturated carbocycles. The molecule has 0 spiro atoms. The third-order valence-corrected chi connectivity index (χ3v) is 4.62. The maximum atomic E-state index is 12.6. The Morgan fingerprint density at radius 2 is 1.59 bits per heavy atom. The lowest BCUT2D eigenvalue weighted by molar-refractivity contribution is -0.117. The summed E-state index contributed by atoms with van der Waals surface area (Å²) in [5.74, 6) is -0.0692. The van der Waals surface area contributed by atoms with Gasteiger partial charge in [-0.2, -0.15) is 0 Å². The molecule has 4 rings (SSSR count). The number of hydrazine groups is 1. The summed E-state index contributed by atoms with van der Waals surface area (Å²) in [7, 11) is 0. The Kier molecular flexibility index (Phi) is 5.12. The average Bonchev–Trinajstić information content (AvgIpc) is 3.03. The Morgan fingerprint density at radius 1 is 0.897 bits per heavy atom. The predicted molar refractivity (Wildman–Crippen MR) is 112 cm³/mol. The molecule has 5 heteroatoms. The molecule has 0 unspecified atom stereocenters. The van der Waals surface area contributed by atoms with E-state index in [4.69, 9.17) is 4.74 Å². The quantitative estimate of drug-likeness (QED) is 0.534. The second kappa shape index (κ2) is 8.02. The standard InChI is InChI=1S/C24H20N2O3/c1-17-7-9-19(10-8-17)16-29-21-13-11-18(12-14-21)15-22-23(27)25-26(24(22)28)20-5-3-2-4-6-20/h2-15H,16H2,1H3,(H,25,27)/b22-15-. The highest BCUT2D eigenvalue weighted by Crippen LogP contribution is 2.22. The van der Waals surface area contributed by atoms with Crippen LogP contribution in [0, 0.1) is 6.92 Å². The van der Waals surface area contributed by atoms with Crippen molar-refractivity contribution in [3.63, 3.8) is 0 Å². The number of ether oxygens (including phenoxy) is 1. The summed E-state index contributed by atoms with van der Waals surface area (Å²) < 4.78 is 5.80. The summed E-state index contributed by atoms with van der Waals surface area (Å²) in [6.07, 6.45) is 1.59. The summed E-state index contributed by atoms with van der Waals surface area (Å²) in [4.78, 5) is 24.9. The van der Waals surface area contributed by atoms with E-state index in [0.29, 0.717) is 12.3 Å². The molecular weight excluding hydrogens is 364 g/mol. The number of hydrogen-bond donors (Lipinski definition) is 1. The topological polar surface area (TPSA) is 58.6 Å². The van der Waals surface area contributed by atoms with Crippen LogP contribution in [-0.4, -0.2) is 11.8 Å². The van der Waals surface area contributed by atoms with Crippen LogP contribution in [-0.2, 0) is 16.2 Å². The smallest absolute Gasteiger partial charge is 0.282 e. The number of amides is 2. The molecule has 0 bridgehead atoms. The second-order valence-electron chi connectivity index (χ2n) is 6.82. The van der Waals surface area contributed by atoms with Crippen LogP contribution in [0.15, 0.2) is 84.4 Å². The predicted octanol–water partition coefficient (Wildman–Crippen LogP) is 4.04. The van der Waals surface area contributed by atoms with Crippen LogP contribution in [0.25, 0.3) is 6.08 Å². The van der Waals surface area contributed by atoms with Crippen molar-refractivity contribution in [2.75, 3.05) is 5.01 Å². The normalized spacial score (nSPS) is 14.9. The van der Waals surface area contributed by atoms with Crippen molar-refractivity contribution in [3.8, 4) is 5.75 Å². The Labute approximate surface area is 169 Å². The van der Waals surface area contributed by atoms with E-state index in [9.17, 15) is 9.59 Å². The number of rotatable bonds is 5. The van der Waals surface area contributed by atoms with Crippen LogP contribution in [0.5, 0.6) is 5.75 Å². The van der Waals surface area contributed by atoms with Crippen molar-refractivity contribution in [1.29, 1.82) is 0 Å². The van der Waals surface area contributed by atoms with Gasteiger partial charge in [0.25, 0.3) is 11.8 Å². The maximum Gasteiger partial charge on any atom is 0.282 e. The molecule has 0 atom stereocenters. The molecular formula is C24H20N2O3. The zero-order valence-electron chi connectivity index (χ0n) is 16.0. The van der Waals surface area contributed by atoms with Crippen LogP contribution >= 0.6 is 0 Å². The van der Waals surface area contributed by atoms with Crippen LogP contribution in [0.2, 0.25) is 0 Å². The average molecular weight is 384 g/mol. The van der Waals surface area contributed by atoms with Crippen LogP contribution in [0.1, 0.15) is 16.7 Å². The van der Waals surface area contributed by atoms with E-state index >= 15 is 0 Å². The highest BCUT2D eigenvalue weighted by molar-refractivity contribution is 6.31. The second-order valence-corrected chi connectivity index (χ2v) is 6.82. The molecule has 2 amide bonds. The summed E-state index contributed by atoms with van der Waals surface area (Å²) in [6, 6.07) is 24.5. The van der Waals surface area contributed by atoms with Crippen molar-refractivity contribution in [2.45, 2.75) is 13.5 Å². The molecule has 1 heterocycles. The van der Waals surface area contributed by atoms with Gasteiger partial charge in [0.1, 0.15) is 17.9 Å². The largest absolute Gasteiger partial charge is 0.489 e. The van der Waals surface area contributed by atoms with Crippen molar-refractivity contribution in [1.82, 2.24) is 5.43 Å². The monoisotopic (exact) mass is 384 g/mol. The minimum Gasteiger partial charge on any atom is -0.489 e. The van der Waals surface area contributed by atoms with Gasteiger partial charge < -0.3 is 4.74 Å². The molecule has 0 aromatic heterocycles. The van der Waals surface area contributed by atoms with Crippen molar-refractivity contribution >= 4 is 23.6 Å². The van der Waals surface area contributed by atoms with E-state index in [1.165, 1.54) is 10.6 Å². The van der Waals surface area contributed by atoms with Crippen LogP contribution < -0.4 is 15.2 Å². The van der Waals surface area contributed by atoms with E-state index in [1.54, 1.807) is 18.2 Å². The Hall–Kier alpha value is -3.86. The van der Waals surface area contributed by atoms with E-state index in [-0.39, 0.29) is 11.5 Å². The molecule has 29 heavy (non-hydrogen) atoms. The van der Waals surface area contributed by atoms with Gasteiger partial charge in [0, 0.05) is 0 Å². The third kappa shape index (κ3) is 4.19. The van der Waals surface area contributed by atoms with Crippen LogP contribution in [0.3, 0.4) is 0 Å². The first kappa shape index (κ1) is 18.5. The highest BCUT2D eigenvalue weighted by atomic mass is 16.5. The Balaban J connectivity index is 1.45. The fourth-order valence-corrected chi connectivity index (χ4v) is 2.99. The molecule has 5 nitrogen and oxygen atoms in total. The van der Waals surface area contributed by atoms with E-state index < -0.39 is 5.91 Å². The van der Waals surface area contributed by atoms with Gasteiger partial charge in [-0.3, -0.25) is 15.0 Å². The number of anilines is 1. The molecule has 0 radical (unpaired) electrons. The molecule has 1 fully saturated rings. The molecule has 144 valence electrons. The van der Waals surface area contributed by atoms with Crippen molar-refractivity contribution < 1.29 is 14.3 Å². The maximum absolute atomic E-state index is 12.6. The first-order valence-electron chi connectivity index (χ1n) is 9.31. The summed E-state index contributed by atoms with van der Waals surface area (Å²) in [5.41, 5.74) is 6.37. The van der Waals surface area contributed by atoms with Gasteiger partial charge >= 0.3 is 0 Å². The lowest BCUT2D eigenvalue weighted by atomic mass is 10.1. The van der Waals surface area contributed by atoms with E-state index in [0.717, 1.165) is 16.9 Å². The lowest BCUT2D eigenvalue weighted by Crippen LogP contribution is -2.35. The van der Waals surface area contributed by atoms with Gasteiger partial charge in [0.15, 0.2) is 0 Å². The van der Waals surface area contributed by atoms with Gasteiger partial charge in [-0.15, -0.1) is 0 Å². The number of nitrogens with zero attached hydrogens (tertiary/aromatic N) is 1. The Morgan fingerprint density at radius 3 is 2.28 bits per heavy atom. The van der Waals surface area contributed by atoms with Gasteiger partial charge in [-0.1, -0.05) is 60.2 Å². The third-order valence-electron chi connectivity index (χ3n) is 4.62. The molecule has 1 N–H and O–H groups in total. The minimum absolute atomic E-state index is 0.0992. The first-order valence-corrected chi connectivity index (χ1v) is 9.31. The van der Waals surface area contributed by atoms with E-state index in [1.807, 2.05) is 61.5 Å². The number of benzene rings is 3. The molecule has 1 saturated heterocycles. The van der Waals surface area contributed by atoms with Gasteiger partial charge in [-0.05, 0) is 48.4 Å². The highest BCUT2D eigenvalue weighted by Gasteiger charge is 2.34. The number of carbonyl (C=O) groups is 2. The Bertz CT molecular complexity index is 1060. The summed E-state index contributed by atoms with van der Waals surface area (Å²) in [6.45, 7) is 2.53. The number of nitrogens with one attached hydrogen (secondary N) is 1. The van der Waals surface area contributed by atoms with Crippen molar-refractivity contribution in [2.24, 2.45) is 0 Å². The van der Waals surface area contributed by atoms with E-state index in [2.05, 4.69) is 17.6 Å². The summed E-state index contributed by atoms with van der Waals surface area (Å²) >= 11 is 0. The molecule has 1 aliphatic heterocycles. The van der Waals surface area contributed by atoms with Gasteiger partial charge in [0.2, 0.25) is 0 Å². The fourth-order valence-electron chi connectivity index (χ4n) is 2.99. The minimum atomic E-state index is -0.418. The lowest BCUT2D eigenvalue weighted by Gasteiger charge is -2.13. The fraction of sp³-hybridized carbons (Fsp3) is 0.0833. The summed E-state index contributed by atoms with van der Waals surface area (Å²) in [5, 5.41) is 1.26. The van der Waals surface area contributed by atoms with Crippen LogP contribution in [0.4, 0.5) is 5.69 Å². The van der Waals surface area contributed by atoms with Crippen molar-refractivity contribution in [3.05, 3.63) is 101 Å². The zero-order valence-corrected chi connectivity index (χ0v) is 16.0. The van der Waals surface area contributed by atoms with Gasteiger partial charge in [-0.25, -0.2) is 5.01 Å². The molecule has 3 aromatic carbocycles. The number of carbonyl (C=O) groups excluding carboxylic acids is 2. The molecule has 1 aliphatic rings.